The van der Waals surface area contributed by atoms with Crippen LogP contribution in [0.1, 0.15) is 45.1 Å². The van der Waals surface area contributed by atoms with E-state index in [9.17, 15) is 14.4 Å². The maximum Gasteiger partial charge on any atom is 0.339 e. The maximum atomic E-state index is 12.7. The van der Waals surface area contributed by atoms with Crippen molar-refractivity contribution in [3.05, 3.63) is 69.3 Å². The average Bonchev–Trinajstić information content (AvgIpc) is 2.99. The maximum absolute atomic E-state index is 12.7. The third-order valence-corrected chi connectivity index (χ3v) is 4.94. The number of aromatic amines is 1. The van der Waals surface area contributed by atoms with Crippen LogP contribution in [0.15, 0.2) is 41.2 Å². The first-order valence-corrected chi connectivity index (χ1v) is 9.33. The number of aromatic nitrogens is 2. The molecule has 2 heterocycles. The Morgan fingerprint density at radius 3 is 2.59 bits per heavy atom. The lowest BCUT2D eigenvalue weighted by molar-refractivity contribution is 0.0476. The number of ketones is 1. The summed E-state index contributed by atoms with van der Waals surface area (Å²) in [7, 11) is 1.63. The number of esters is 1. The summed E-state index contributed by atoms with van der Waals surface area (Å²) in [6.45, 7) is 5.91. The van der Waals surface area contributed by atoms with Crippen LogP contribution in [0.3, 0.4) is 0 Å². The van der Waals surface area contributed by atoms with Crippen molar-refractivity contribution in [2.45, 2.75) is 26.8 Å². The third kappa shape index (κ3) is 4.14. The SMILES string of the molecule is COC[C@@H](C)n1c(C)cc(C(=O)COC(=O)c2cc(=O)[nH]c3ccccc23)c1C. The van der Waals surface area contributed by atoms with Crippen LogP contribution >= 0.6 is 0 Å². The van der Waals surface area contributed by atoms with Crippen molar-refractivity contribution in [3.63, 3.8) is 0 Å². The summed E-state index contributed by atoms with van der Waals surface area (Å²) < 4.78 is 12.5. The van der Waals surface area contributed by atoms with E-state index in [1.165, 1.54) is 6.07 Å². The van der Waals surface area contributed by atoms with E-state index in [2.05, 4.69) is 4.98 Å². The molecule has 0 unspecified atom stereocenters. The second-order valence-electron chi connectivity index (χ2n) is 7.05. The van der Waals surface area contributed by atoms with Gasteiger partial charge in [-0.2, -0.15) is 0 Å². The van der Waals surface area contributed by atoms with Crippen molar-refractivity contribution < 1.29 is 19.1 Å². The summed E-state index contributed by atoms with van der Waals surface area (Å²) in [5.74, 6) is -1.00. The Labute approximate surface area is 168 Å². The van der Waals surface area contributed by atoms with Crippen LogP contribution in [-0.2, 0) is 9.47 Å². The molecular weight excluding hydrogens is 372 g/mol. The number of methoxy groups -OCH3 is 1. The molecule has 0 radical (unpaired) electrons. The molecule has 29 heavy (non-hydrogen) atoms. The Hall–Kier alpha value is -3.19. The number of H-pyrrole nitrogens is 1. The van der Waals surface area contributed by atoms with Gasteiger partial charge in [0.2, 0.25) is 11.3 Å². The van der Waals surface area contributed by atoms with E-state index in [4.69, 9.17) is 9.47 Å². The molecule has 7 nitrogen and oxygen atoms in total. The van der Waals surface area contributed by atoms with E-state index in [0.29, 0.717) is 23.1 Å². The first-order chi connectivity index (χ1) is 13.8. The predicted octanol–water partition coefficient (Wildman–Crippen LogP) is 3.19. The number of hydrogen-bond donors (Lipinski definition) is 1. The lowest BCUT2D eigenvalue weighted by Crippen LogP contribution is -2.18. The minimum atomic E-state index is -0.706. The lowest BCUT2D eigenvalue weighted by atomic mass is 10.1. The standard InChI is InChI=1S/C22H24N2O5/c1-13-9-17(15(3)24(13)14(2)11-28-4)20(25)12-29-22(27)18-10-21(26)23-19-8-6-5-7-16(18)19/h5-10,14H,11-12H2,1-4H3,(H,23,26)/t14-/m1/s1. The van der Waals surface area contributed by atoms with Gasteiger partial charge in [0.05, 0.1) is 18.2 Å². The zero-order chi connectivity index (χ0) is 21.1. The van der Waals surface area contributed by atoms with Crippen molar-refractivity contribution in [1.82, 2.24) is 9.55 Å². The molecule has 3 rings (SSSR count). The highest BCUT2D eigenvalue weighted by atomic mass is 16.5. The van der Waals surface area contributed by atoms with Gasteiger partial charge in [-0.25, -0.2) is 4.79 Å². The summed E-state index contributed by atoms with van der Waals surface area (Å²) in [5, 5.41) is 0.566. The van der Waals surface area contributed by atoms with Crippen molar-refractivity contribution in [1.29, 1.82) is 0 Å². The highest BCUT2D eigenvalue weighted by Crippen LogP contribution is 2.22. The van der Waals surface area contributed by atoms with Crippen LogP contribution in [0.25, 0.3) is 10.9 Å². The smallest absolute Gasteiger partial charge is 0.339 e. The zero-order valence-corrected chi connectivity index (χ0v) is 16.9. The molecule has 0 aliphatic carbocycles. The molecule has 1 atom stereocenters. The predicted molar refractivity (Wildman–Crippen MR) is 110 cm³/mol. The third-order valence-electron chi connectivity index (χ3n) is 4.94. The van der Waals surface area contributed by atoms with Crippen LogP contribution in [0, 0.1) is 13.8 Å². The molecule has 0 spiro atoms. The second kappa shape index (κ2) is 8.45. The van der Waals surface area contributed by atoms with Gasteiger partial charge < -0.3 is 19.0 Å². The number of pyridine rings is 1. The highest BCUT2D eigenvalue weighted by molar-refractivity contribution is 6.05. The van der Waals surface area contributed by atoms with Gasteiger partial charge in [-0.15, -0.1) is 0 Å². The molecule has 0 bridgehead atoms. The summed E-state index contributed by atoms with van der Waals surface area (Å²) >= 11 is 0. The zero-order valence-electron chi connectivity index (χ0n) is 16.9. The quantitative estimate of drug-likeness (QED) is 0.489. The van der Waals surface area contributed by atoms with Gasteiger partial charge in [-0.05, 0) is 32.9 Å². The molecule has 0 saturated heterocycles. The van der Waals surface area contributed by atoms with Crippen LogP contribution < -0.4 is 5.56 Å². The molecular formula is C22H24N2O5. The molecule has 152 valence electrons. The lowest BCUT2D eigenvalue weighted by Gasteiger charge is -2.17. The average molecular weight is 396 g/mol. The number of Topliss-reactive ketones (excluding diaryl/α,β-unsaturated/α-hetero) is 1. The Kier molecular flexibility index (Phi) is 5.98. The number of ether oxygens (including phenoxy) is 2. The largest absolute Gasteiger partial charge is 0.454 e. The van der Waals surface area contributed by atoms with Gasteiger partial charge in [-0.1, -0.05) is 18.2 Å². The molecule has 7 heteroatoms. The van der Waals surface area contributed by atoms with Crippen LogP contribution in [0.5, 0.6) is 0 Å². The van der Waals surface area contributed by atoms with Crippen molar-refractivity contribution in [2.24, 2.45) is 0 Å². The fourth-order valence-corrected chi connectivity index (χ4v) is 3.71. The fraction of sp³-hybridized carbons (Fsp3) is 0.318. The topological polar surface area (TPSA) is 90.4 Å². The minimum Gasteiger partial charge on any atom is -0.454 e. The monoisotopic (exact) mass is 396 g/mol. The van der Waals surface area contributed by atoms with E-state index in [1.54, 1.807) is 37.4 Å². The van der Waals surface area contributed by atoms with Crippen LogP contribution in [0.4, 0.5) is 0 Å². The molecule has 0 fully saturated rings. The van der Waals surface area contributed by atoms with E-state index in [0.717, 1.165) is 11.4 Å². The van der Waals surface area contributed by atoms with Crippen LogP contribution in [0.2, 0.25) is 0 Å². The minimum absolute atomic E-state index is 0.0755. The number of hydrogen-bond acceptors (Lipinski definition) is 5. The first-order valence-electron chi connectivity index (χ1n) is 9.33. The number of aryl methyl sites for hydroxylation is 1. The Morgan fingerprint density at radius 2 is 1.86 bits per heavy atom. The Bertz CT molecular complexity index is 1130. The number of carbonyl (C=O) groups is 2. The van der Waals surface area contributed by atoms with E-state index in [1.807, 2.05) is 25.3 Å². The number of para-hydroxylation sites is 1. The van der Waals surface area contributed by atoms with Crippen molar-refractivity contribution in [3.8, 4) is 0 Å². The summed E-state index contributed by atoms with van der Waals surface area (Å²) in [5.41, 5.74) is 2.51. The van der Waals surface area contributed by atoms with Gasteiger partial charge in [0.25, 0.3) is 0 Å². The number of fused-ring (bicyclic) bond motifs is 1. The molecule has 1 aromatic carbocycles. The number of rotatable bonds is 7. The van der Waals surface area contributed by atoms with Crippen molar-refractivity contribution in [2.75, 3.05) is 20.3 Å². The summed E-state index contributed by atoms with van der Waals surface area (Å²) in [6, 6.07) is 10.00. The van der Waals surface area contributed by atoms with Crippen molar-refractivity contribution >= 4 is 22.7 Å². The van der Waals surface area contributed by atoms with E-state index >= 15 is 0 Å². The highest BCUT2D eigenvalue weighted by Gasteiger charge is 2.21. The fourth-order valence-electron chi connectivity index (χ4n) is 3.71. The molecule has 2 aromatic heterocycles. The number of benzene rings is 1. The van der Waals surface area contributed by atoms with Gasteiger partial charge in [0.1, 0.15) is 0 Å². The second-order valence-corrected chi connectivity index (χ2v) is 7.05. The molecule has 3 aromatic rings. The molecule has 0 aliphatic heterocycles. The van der Waals surface area contributed by atoms with Crippen LogP contribution in [-0.4, -0.2) is 41.6 Å². The molecule has 1 N–H and O–H groups in total. The Balaban J connectivity index is 1.79. The number of carbonyl (C=O) groups excluding carboxylic acids is 2. The number of nitrogens with one attached hydrogen (secondary N) is 1. The number of nitrogens with zero attached hydrogens (tertiary/aromatic N) is 1. The summed E-state index contributed by atoms with van der Waals surface area (Å²) in [6.07, 6.45) is 0. The molecule has 0 saturated carbocycles. The Morgan fingerprint density at radius 1 is 1.14 bits per heavy atom. The van der Waals surface area contributed by atoms with E-state index < -0.39 is 18.1 Å². The normalized spacial score (nSPS) is 12.1. The van der Waals surface area contributed by atoms with Gasteiger partial charge >= 0.3 is 5.97 Å². The first kappa shape index (κ1) is 20.5. The van der Waals surface area contributed by atoms with E-state index in [-0.39, 0.29) is 17.4 Å². The van der Waals surface area contributed by atoms with Gasteiger partial charge in [0, 0.05) is 41.0 Å². The van der Waals surface area contributed by atoms with Gasteiger partial charge in [-0.3, -0.25) is 9.59 Å². The van der Waals surface area contributed by atoms with Gasteiger partial charge in [0.15, 0.2) is 6.61 Å². The molecule has 0 aliphatic rings. The molecule has 0 amide bonds. The summed E-state index contributed by atoms with van der Waals surface area (Å²) in [4.78, 5) is 39.7.